The van der Waals surface area contributed by atoms with Crippen molar-refractivity contribution in [3.63, 3.8) is 0 Å². The number of fused-ring (bicyclic) bond motifs is 1. The van der Waals surface area contributed by atoms with Crippen molar-refractivity contribution < 1.29 is 19.4 Å². The Hall–Kier alpha value is -4.31. The van der Waals surface area contributed by atoms with E-state index < -0.39 is 27.0 Å². The molecule has 0 saturated carbocycles. The van der Waals surface area contributed by atoms with Crippen molar-refractivity contribution in [1.82, 2.24) is 4.98 Å². The number of phenols is 1. The number of halogens is 1. The molecule has 1 aromatic heterocycles. The van der Waals surface area contributed by atoms with Crippen LogP contribution in [0.5, 0.6) is 5.75 Å². The maximum Gasteiger partial charge on any atom is 0.318 e. The second-order valence-corrected chi connectivity index (χ2v) is 7.24. The van der Waals surface area contributed by atoms with Crippen LogP contribution >= 0.6 is 11.6 Å². The lowest BCUT2D eigenvalue weighted by Gasteiger charge is -2.03. The molecule has 0 bridgehead atoms. The van der Waals surface area contributed by atoms with E-state index in [1.165, 1.54) is 0 Å². The van der Waals surface area contributed by atoms with Gasteiger partial charge in [-0.3, -0.25) is 25.2 Å². The minimum absolute atomic E-state index is 0.181. The van der Waals surface area contributed by atoms with Gasteiger partial charge in [0.05, 0.1) is 32.2 Å². The van der Waals surface area contributed by atoms with Gasteiger partial charge in [0.25, 0.3) is 5.69 Å². The van der Waals surface area contributed by atoms with E-state index in [2.05, 4.69) is 9.98 Å². The first kappa shape index (κ1) is 20.9. The highest BCUT2D eigenvalue weighted by molar-refractivity contribution is 6.33. The lowest BCUT2D eigenvalue weighted by molar-refractivity contribution is -0.394. The number of phenolic OH excluding ortho intramolecular Hbond substituents is 1. The number of hydrogen-bond donors (Lipinski definition) is 1. The van der Waals surface area contributed by atoms with Crippen molar-refractivity contribution in [2.45, 2.75) is 6.92 Å². The van der Waals surface area contributed by atoms with E-state index in [0.29, 0.717) is 33.4 Å². The molecule has 1 N–H and O–H groups in total. The van der Waals surface area contributed by atoms with Crippen LogP contribution in [-0.4, -0.2) is 26.2 Å². The van der Waals surface area contributed by atoms with Crippen LogP contribution in [0.2, 0.25) is 5.02 Å². The number of rotatable bonds is 5. The van der Waals surface area contributed by atoms with Crippen molar-refractivity contribution in [2.75, 3.05) is 0 Å². The fourth-order valence-corrected chi connectivity index (χ4v) is 3.22. The number of hydrogen-bond acceptors (Lipinski definition) is 8. The Labute approximate surface area is 184 Å². The van der Waals surface area contributed by atoms with Crippen LogP contribution in [0.3, 0.4) is 0 Å². The maximum atomic E-state index is 11.1. The van der Waals surface area contributed by atoms with E-state index in [-0.39, 0.29) is 11.5 Å². The van der Waals surface area contributed by atoms with Gasteiger partial charge in [-0.25, -0.2) is 4.98 Å². The van der Waals surface area contributed by atoms with Crippen LogP contribution in [-0.2, 0) is 0 Å². The third kappa shape index (κ3) is 3.98. The number of nitro benzene ring substituents is 2. The highest BCUT2D eigenvalue weighted by Crippen LogP contribution is 2.35. The summed E-state index contributed by atoms with van der Waals surface area (Å²) in [7, 11) is 0. The number of oxazole rings is 1. The first-order valence-electron chi connectivity index (χ1n) is 9.10. The lowest BCUT2D eigenvalue weighted by atomic mass is 10.1. The molecular formula is C21H13ClN4O6. The Morgan fingerprint density at radius 2 is 1.88 bits per heavy atom. The summed E-state index contributed by atoms with van der Waals surface area (Å²) in [6.07, 6.45) is 1.10. The van der Waals surface area contributed by atoms with Crippen LogP contribution in [0.4, 0.5) is 17.1 Å². The molecule has 4 aromatic rings. The summed E-state index contributed by atoms with van der Waals surface area (Å²) in [5.41, 5.74) is 1.56. The van der Waals surface area contributed by atoms with Gasteiger partial charge in [0.1, 0.15) is 5.52 Å². The molecule has 11 heteroatoms. The van der Waals surface area contributed by atoms with Gasteiger partial charge in [0.15, 0.2) is 5.58 Å². The van der Waals surface area contributed by atoms with E-state index in [4.69, 9.17) is 16.0 Å². The Balaban J connectivity index is 1.74. The average molecular weight is 453 g/mol. The monoisotopic (exact) mass is 452 g/mol. The summed E-state index contributed by atoms with van der Waals surface area (Å²) in [6.45, 7) is 1.93. The Kier molecular flexibility index (Phi) is 5.29. The predicted molar refractivity (Wildman–Crippen MR) is 118 cm³/mol. The average Bonchev–Trinajstić information content (AvgIpc) is 3.16. The number of aliphatic imine (C=N–C) groups is 1. The lowest BCUT2D eigenvalue weighted by Crippen LogP contribution is -1.96. The molecule has 0 atom stereocenters. The fourth-order valence-electron chi connectivity index (χ4n) is 3.02. The van der Waals surface area contributed by atoms with Crippen molar-refractivity contribution in [3.05, 3.63) is 84.9 Å². The van der Waals surface area contributed by atoms with Gasteiger partial charge in [0, 0.05) is 17.8 Å². The molecular weight excluding hydrogens is 440 g/mol. The summed E-state index contributed by atoms with van der Waals surface area (Å²) in [6, 6.07) is 12.0. The molecule has 0 saturated heterocycles. The molecule has 0 unspecified atom stereocenters. The standard InChI is InChI=1S/C21H13ClN4O6/c1-11-2-5-17-19(6-11)32-21(24-17)15-8-13(3-4-16(15)22)23-10-12-7-14(25(28)29)9-18(20(12)27)26(30)31/h2-10,27H,1H3. The normalized spacial score (nSPS) is 11.3. The zero-order valence-electron chi connectivity index (χ0n) is 16.4. The highest BCUT2D eigenvalue weighted by atomic mass is 35.5. The quantitative estimate of drug-likeness (QED) is 0.231. The molecule has 3 aromatic carbocycles. The van der Waals surface area contributed by atoms with Gasteiger partial charge in [-0.1, -0.05) is 17.7 Å². The summed E-state index contributed by atoms with van der Waals surface area (Å²) in [5, 5.41) is 32.7. The third-order valence-electron chi connectivity index (χ3n) is 4.59. The van der Waals surface area contributed by atoms with E-state index in [9.17, 15) is 25.3 Å². The van der Waals surface area contributed by atoms with Gasteiger partial charge in [-0.2, -0.15) is 0 Å². The molecule has 4 rings (SSSR count). The summed E-state index contributed by atoms with van der Waals surface area (Å²) in [4.78, 5) is 29.1. The molecule has 1 heterocycles. The first-order chi connectivity index (χ1) is 15.2. The smallest absolute Gasteiger partial charge is 0.318 e. The molecule has 0 radical (unpaired) electrons. The SMILES string of the molecule is Cc1ccc2nc(-c3cc(N=Cc4cc([N+](=O)[O-])cc([N+](=O)[O-])c4O)ccc3Cl)oc2c1. The summed E-state index contributed by atoms with van der Waals surface area (Å²) in [5.74, 6) is -0.450. The van der Waals surface area contributed by atoms with Crippen molar-refractivity contribution in [3.8, 4) is 17.2 Å². The number of aryl methyl sites for hydroxylation is 1. The number of aromatic nitrogens is 1. The zero-order valence-corrected chi connectivity index (χ0v) is 17.1. The van der Waals surface area contributed by atoms with Crippen molar-refractivity contribution >= 4 is 46.0 Å². The van der Waals surface area contributed by atoms with Gasteiger partial charge < -0.3 is 9.52 Å². The molecule has 0 spiro atoms. The fraction of sp³-hybridized carbons (Fsp3) is 0.0476. The van der Waals surface area contributed by atoms with Crippen LogP contribution in [0.25, 0.3) is 22.6 Å². The number of nitro groups is 2. The molecule has 32 heavy (non-hydrogen) atoms. The second kappa shape index (κ2) is 8.08. The third-order valence-corrected chi connectivity index (χ3v) is 4.92. The molecule has 0 aliphatic carbocycles. The van der Waals surface area contributed by atoms with Crippen LogP contribution < -0.4 is 0 Å². The molecule has 0 aliphatic rings. The maximum absolute atomic E-state index is 11.1. The molecule has 0 fully saturated rings. The highest BCUT2D eigenvalue weighted by Gasteiger charge is 2.23. The summed E-state index contributed by atoms with van der Waals surface area (Å²) < 4.78 is 5.80. The predicted octanol–water partition coefficient (Wildman–Crippen LogP) is 5.73. The largest absolute Gasteiger partial charge is 0.502 e. The molecule has 160 valence electrons. The molecule has 0 amide bonds. The Morgan fingerprint density at radius 3 is 2.59 bits per heavy atom. The van der Waals surface area contributed by atoms with Crippen molar-refractivity contribution in [2.24, 2.45) is 4.99 Å². The molecule has 10 nitrogen and oxygen atoms in total. The van der Waals surface area contributed by atoms with Crippen LogP contribution in [0.1, 0.15) is 11.1 Å². The van der Waals surface area contributed by atoms with E-state index in [0.717, 1.165) is 17.8 Å². The van der Waals surface area contributed by atoms with E-state index in [1.54, 1.807) is 18.2 Å². The minimum atomic E-state index is -0.908. The first-order valence-corrected chi connectivity index (χ1v) is 9.47. The van der Waals surface area contributed by atoms with E-state index in [1.807, 2.05) is 25.1 Å². The van der Waals surface area contributed by atoms with Gasteiger partial charge >= 0.3 is 5.69 Å². The zero-order chi connectivity index (χ0) is 23.0. The van der Waals surface area contributed by atoms with Gasteiger partial charge in [-0.05, 0) is 42.8 Å². The minimum Gasteiger partial charge on any atom is -0.502 e. The number of aromatic hydroxyl groups is 1. The summed E-state index contributed by atoms with van der Waals surface area (Å²) >= 11 is 6.30. The topological polar surface area (TPSA) is 145 Å². The van der Waals surface area contributed by atoms with Crippen molar-refractivity contribution in [1.29, 1.82) is 0 Å². The number of benzene rings is 3. The number of non-ortho nitro benzene ring substituents is 1. The van der Waals surface area contributed by atoms with Crippen LogP contribution in [0, 0.1) is 27.2 Å². The molecule has 0 aliphatic heterocycles. The number of nitrogens with zero attached hydrogens (tertiary/aromatic N) is 4. The van der Waals surface area contributed by atoms with Gasteiger partial charge in [0.2, 0.25) is 11.6 Å². The Bertz CT molecular complexity index is 1430. The second-order valence-electron chi connectivity index (χ2n) is 6.83. The van der Waals surface area contributed by atoms with Gasteiger partial charge in [-0.15, -0.1) is 0 Å². The van der Waals surface area contributed by atoms with E-state index >= 15 is 0 Å². The Morgan fingerprint density at radius 1 is 1.09 bits per heavy atom. The van der Waals surface area contributed by atoms with Crippen LogP contribution in [0.15, 0.2) is 57.9 Å².